The fourth-order valence-electron chi connectivity index (χ4n) is 8.93. The lowest BCUT2D eigenvalue weighted by Gasteiger charge is -2.35. The van der Waals surface area contributed by atoms with Crippen molar-refractivity contribution < 1.29 is 62.5 Å². The van der Waals surface area contributed by atoms with Crippen LogP contribution in [0.1, 0.15) is 104 Å². The molecule has 3 aliphatic rings. The van der Waals surface area contributed by atoms with Crippen LogP contribution in [0.3, 0.4) is 0 Å². The third-order valence-corrected chi connectivity index (χ3v) is 13.7. The highest BCUT2D eigenvalue weighted by atomic mass is 35.5. The highest BCUT2D eigenvalue weighted by Gasteiger charge is 2.32. The Morgan fingerprint density at radius 3 is 2.22 bits per heavy atom. The Bertz CT molecular complexity index is 2510. The molecule has 2 aromatic rings. The number of aliphatic hydroxyl groups excluding tert-OH is 1. The van der Waals surface area contributed by atoms with Crippen molar-refractivity contribution in [2.45, 2.75) is 129 Å². The fourth-order valence-corrected chi connectivity index (χ4v) is 9.11. The zero-order chi connectivity index (χ0) is 56.9. The summed E-state index contributed by atoms with van der Waals surface area (Å²) in [5.74, 6) is -3.67. The molecule has 78 heavy (non-hydrogen) atoms. The van der Waals surface area contributed by atoms with Gasteiger partial charge in [0.1, 0.15) is 30.9 Å². The van der Waals surface area contributed by atoms with Crippen LogP contribution in [0.15, 0.2) is 72.6 Å². The van der Waals surface area contributed by atoms with Crippen LogP contribution in [0.4, 0.5) is 20.1 Å². The lowest BCUT2D eigenvalue weighted by Crippen LogP contribution is -2.54. The molecule has 23 heteroatoms. The smallest absolute Gasteiger partial charge is 0.410 e. The zero-order valence-electron chi connectivity index (χ0n) is 45.0. The van der Waals surface area contributed by atoms with Crippen molar-refractivity contribution in [1.29, 1.82) is 0 Å². The van der Waals surface area contributed by atoms with Crippen molar-refractivity contribution in [2.24, 2.45) is 23.5 Å². The van der Waals surface area contributed by atoms with E-state index in [4.69, 9.17) is 31.5 Å². The molecule has 2 unspecified atom stereocenters. The number of rotatable bonds is 21. The Kier molecular flexibility index (Phi) is 24.1. The van der Waals surface area contributed by atoms with Gasteiger partial charge in [-0.2, -0.15) is 0 Å². The Labute approximate surface area is 459 Å². The van der Waals surface area contributed by atoms with E-state index in [1.54, 1.807) is 56.5 Å². The number of benzene rings is 1. The first-order valence-corrected chi connectivity index (χ1v) is 26.8. The van der Waals surface area contributed by atoms with Crippen molar-refractivity contribution in [3.63, 3.8) is 0 Å². The largest absolute Gasteiger partial charge is 0.457 e. The number of aliphatic hydroxyl groups is 1. The van der Waals surface area contributed by atoms with Gasteiger partial charge in [0.15, 0.2) is 0 Å². The number of nitrogens with one attached hydrogen (secondary N) is 4. The number of imide groups is 1. The third kappa shape index (κ3) is 19.9. The molecule has 0 aliphatic carbocycles. The van der Waals surface area contributed by atoms with Gasteiger partial charge in [-0.15, -0.1) is 0 Å². The average molecular weight is 1100 g/mol. The van der Waals surface area contributed by atoms with Gasteiger partial charge in [-0.3, -0.25) is 38.7 Å². The van der Waals surface area contributed by atoms with Crippen molar-refractivity contribution in [3.8, 4) is 0 Å². The molecule has 9 amide bonds. The second-order valence-corrected chi connectivity index (χ2v) is 20.6. The molecule has 424 valence electrons. The van der Waals surface area contributed by atoms with E-state index < -0.39 is 66.4 Å². The van der Waals surface area contributed by atoms with Crippen molar-refractivity contribution in [1.82, 2.24) is 35.6 Å². The van der Waals surface area contributed by atoms with E-state index >= 15 is 0 Å². The number of piperazine rings is 1. The average Bonchev–Trinajstić information content (AvgIpc) is 3.72. The van der Waals surface area contributed by atoms with Crippen LogP contribution in [0.5, 0.6) is 0 Å². The number of halogens is 1. The highest BCUT2D eigenvalue weighted by Crippen LogP contribution is 2.27. The van der Waals surface area contributed by atoms with Crippen LogP contribution in [-0.4, -0.2) is 148 Å². The first-order chi connectivity index (χ1) is 37.2. The number of nitrogens with two attached hydrogens (primary N) is 1. The van der Waals surface area contributed by atoms with Gasteiger partial charge in [0.2, 0.25) is 17.7 Å². The number of carbonyl (C=O) groups excluding carboxylic acids is 9. The number of urea groups is 1. The quantitative estimate of drug-likeness (QED) is 0.0301. The van der Waals surface area contributed by atoms with Gasteiger partial charge >= 0.3 is 24.2 Å². The maximum Gasteiger partial charge on any atom is 0.410 e. The molecule has 1 aromatic heterocycles. The predicted molar refractivity (Wildman–Crippen MR) is 289 cm³/mol. The fraction of sp³-hybridized carbons (Fsp3) is 0.527. The molecule has 7 atom stereocenters. The number of hydrogen-bond acceptors (Lipinski definition) is 14. The molecular weight excluding hydrogens is 1030 g/mol. The molecule has 4 heterocycles. The molecule has 1 fully saturated rings. The molecule has 0 radical (unpaired) electrons. The third-order valence-electron chi connectivity index (χ3n) is 13.5. The maximum absolute atomic E-state index is 13.7. The van der Waals surface area contributed by atoms with Gasteiger partial charge in [0.05, 0.1) is 17.5 Å². The molecule has 22 nitrogen and oxygen atoms in total. The summed E-state index contributed by atoms with van der Waals surface area (Å²) in [6.07, 6.45) is 10.2. The summed E-state index contributed by atoms with van der Waals surface area (Å²) in [5, 5.41) is 21.9. The Hall–Kier alpha value is -7.33. The predicted octanol–water partition coefficient (Wildman–Crippen LogP) is 5.38. The summed E-state index contributed by atoms with van der Waals surface area (Å²) in [7, 11) is 0. The van der Waals surface area contributed by atoms with Gasteiger partial charge < -0.3 is 56.1 Å². The molecule has 0 saturated carbocycles. The van der Waals surface area contributed by atoms with Crippen LogP contribution in [0.2, 0.25) is 5.02 Å². The van der Waals surface area contributed by atoms with Gasteiger partial charge in [0, 0.05) is 81.8 Å². The Morgan fingerprint density at radius 2 is 1.56 bits per heavy atom. The number of hydrogen-bond donors (Lipinski definition) is 6. The number of amides is 9. The Morgan fingerprint density at radius 1 is 0.885 bits per heavy atom. The maximum atomic E-state index is 13.7. The van der Waals surface area contributed by atoms with Crippen molar-refractivity contribution in [2.75, 3.05) is 44.6 Å². The minimum absolute atomic E-state index is 0.0896. The number of anilines is 1. The molecule has 0 spiro atoms. The van der Waals surface area contributed by atoms with Gasteiger partial charge in [-0.1, -0.05) is 70.0 Å². The van der Waals surface area contributed by atoms with Crippen LogP contribution in [-0.2, 0) is 49.6 Å². The lowest BCUT2D eigenvalue weighted by atomic mass is 9.91. The summed E-state index contributed by atoms with van der Waals surface area (Å²) in [6.45, 7) is 10.2. The number of primary amides is 1. The second kappa shape index (κ2) is 30.6. The molecule has 1 saturated heterocycles. The molecule has 7 N–H and O–H groups in total. The van der Waals surface area contributed by atoms with Crippen molar-refractivity contribution in [3.05, 3.63) is 88.8 Å². The summed E-state index contributed by atoms with van der Waals surface area (Å²) in [4.78, 5) is 123. The first kappa shape index (κ1) is 61.5. The first-order valence-electron chi connectivity index (χ1n) is 26.5. The summed E-state index contributed by atoms with van der Waals surface area (Å²) in [6, 6.07) is 5.51. The van der Waals surface area contributed by atoms with Gasteiger partial charge in [-0.05, 0) is 98.3 Å². The van der Waals surface area contributed by atoms with E-state index in [-0.39, 0.29) is 113 Å². The SMILES string of the molecule is C/C(=C\c1cncc(Cl)c1)[C@H]1OC(=O)C[C@H](O)CC[C@H](C)[C@@H](OC(=O)N2CCN(C(=O)OCc3ccc(NC(=O)C(CCCNC(N)=O)NC(=O)C(NC(=O)CCCCCN4C(=O)C=CC4=O)C(C)C)cc3)CC2)/C=C/[C@@H]1C. The van der Waals surface area contributed by atoms with Gasteiger partial charge in [0.25, 0.3) is 11.8 Å². The lowest BCUT2D eigenvalue weighted by molar-refractivity contribution is -0.151. The summed E-state index contributed by atoms with van der Waals surface area (Å²) < 4.78 is 17.6. The molecule has 5 rings (SSSR count). The topological polar surface area (TPSA) is 298 Å². The van der Waals surface area contributed by atoms with E-state index in [9.17, 15) is 48.3 Å². The number of pyridine rings is 1. The molecule has 1 aromatic carbocycles. The molecule has 0 bridgehead atoms. The van der Waals surface area contributed by atoms with E-state index in [2.05, 4.69) is 26.3 Å². The minimum atomic E-state index is -1.07. The number of esters is 1. The number of unbranched alkanes of at least 4 members (excludes halogenated alkanes) is 2. The van der Waals surface area contributed by atoms with E-state index in [0.29, 0.717) is 42.0 Å². The number of ether oxygens (including phenoxy) is 3. The number of cyclic esters (lactones) is 1. The number of nitrogens with zero attached hydrogens (tertiary/aromatic N) is 4. The molecular formula is C55H74ClN9O13. The van der Waals surface area contributed by atoms with E-state index in [1.165, 1.54) is 28.1 Å². The van der Waals surface area contributed by atoms with Crippen molar-refractivity contribution >= 4 is 77.1 Å². The Balaban J connectivity index is 1.09. The molecule has 3 aliphatic heterocycles. The normalized spacial score (nSPS) is 21.3. The number of carbonyl (C=O) groups is 9. The van der Waals surface area contributed by atoms with Crippen LogP contribution in [0.25, 0.3) is 6.08 Å². The summed E-state index contributed by atoms with van der Waals surface area (Å²) >= 11 is 6.15. The van der Waals surface area contributed by atoms with Crippen LogP contribution < -0.4 is 27.0 Å². The van der Waals surface area contributed by atoms with E-state index in [1.807, 2.05) is 32.9 Å². The second-order valence-electron chi connectivity index (χ2n) is 20.2. The van der Waals surface area contributed by atoms with E-state index in [0.717, 1.165) is 16.0 Å². The summed E-state index contributed by atoms with van der Waals surface area (Å²) in [5.41, 5.74) is 7.66. The monoisotopic (exact) mass is 1100 g/mol. The highest BCUT2D eigenvalue weighted by molar-refractivity contribution is 6.30. The zero-order valence-corrected chi connectivity index (χ0v) is 45.7. The standard InChI is InChI=1S/C55H74ClN9O13/c1-34(2)49(62-45(67)11-7-6-8-23-65-46(68)20-21-47(65)69)52(72)61-43(10-9-22-59-53(57)73)51(71)60-41-16-14-38(15-17-41)33-76-54(74)63-24-26-64(27-25-63)55(75)77-44-19-13-36(4)50(37(5)28-39-29-40(56)32-58-31-39)78-48(70)30-42(66)18-12-35(44)3/h13-17,19-21,28-29,31-32,34-36,42-44,49-50,66H,6-12,18,22-27,30,33H2,1-5H3,(H,60,71)(H,61,72)(H,62,67)(H3,57,59,73)/b19-13+,37-28+/t35-,36-,42+,43?,44-,49?,50-/m0/s1. The van der Waals surface area contributed by atoms with Crippen LogP contribution in [0, 0.1) is 17.8 Å². The van der Waals surface area contributed by atoms with Gasteiger partial charge in [-0.25, -0.2) is 14.4 Å². The van der Waals surface area contributed by atoms with Crippen LogP contribution >= 0.6 is 11.6 Å². The number of aromatic nitrogens is 1. The minimum Gasteiger partial charge on any atom is -0.457 e.